The Balaban J connectivity index is 2.41. The van der Waals surface area contributed by atoms with Crippen LogP contribution >= 0.6 is 15.9 Å². The largest absolute Gasteiger partial charge is 0.326 e. The van der Waals surface area contributed by atoms with Gasteiger partial charge in [0.2, 0.25) is 5.03 Å². The predicted molar refractivity (Wildman–Crippen MR) is 76.2 cm³/mol. The van der Waals surface area contributed by atoms with Gasteiger partial charge in [0.15, 0.2) is 0 Å². The van der Waals surface area contributed by atoms with Gasteiger partial charge in [0.1, 0.15) is 0 Å². The quantitative estimate of drug-likeness (QED) is 0.786. The van der Waals surface area contributed by atoms with Gasteiger partial charge in [-0.05, 0) is 35.0 Å². The standard InChI is InChI=1S/C11H13BrN4O2S/c1-7-8(6-13)11(15-14-7)19(17,18)16-10-5-3-2-4-9(10)12/h2-5,16H,6,13H2,1H3,(H,14,15). The molecule has 0 saturated carbocycles. The zero-order chi connectivity index (χ0) is 14.0. The number of para-hydroxylation sites is 1. The fourth-order valence-corrected chi connectivity index (χ4v) is 3.44. The fraction of sp³-hybridized carbons (Fsp3) is 0.182. The molecule has 0 spiro atoms. The maximum Gasteiger partial charge on any atom is 0.281 e. The highest BCUT2D eigenvalue weighted by molar-refractivity contribution is 9.10. The normalized spacial score (nSPS) is 11.5. The van der Waals surface area contributed by atoms with E-state index in [9.17, 15) is 8.42 Å². The highest BCUT2D eigenvalue weighted by atomic mass is 79.9. The summed E-state index contributed by atoms with van der Waals surface area (Å²) in [5.41, 5.74) is 7.14. The van der Waals surface area contributed by atoms with Crippen molar-refractivity contribution in [2.45, 2.75) is 18.5 Å². The number of hydrogen-bond donors (Lipinski definition) is 3. The zero-order valence-corrected chi connectivity index (χ0v) is 12.5. The molecule has 1 aromatic heterocycles. The van der Waals surface area contributed by atoms with Gasteiger partial charge in [-0.3, -0.25) is 9.82 Å². The Morgan fingerprint density at radius 1 is 1.42 bits per heavy atom. The van der Waals surface area contributed by atoms with Gasteiger partial charge in [0.25, 0.3) is 10.0 Å². The molecule has 4 N–H and O–H groups in total. The van der Waals surface area contributed by atoms with Crippen LogP contribution in [0.15, 0.2) is 33.8 Å². The van der Waals surface area contributed by atoms with Gasteiger partial charge in [-0.15, -0.1) is 0 Å². The number of rotatable bonds is 4. The number of aromatic amines is 1. The molecule has 0 atom stereocenters. The van der Waals surface area contributed by atoms with E-state index in [1.165, 1.54) is 0 Å². The Hall–Kier alpha value is -1.38. The number of aromatic nitrogens is 2. The van der Waals surface area contributed by atoms with E-state index in [0.717, 1.165) is 0 Å². The molecular formula is C11H13BrN4O2S. The van der Waals surface area contributed by atoms with Crippen LogP contribution in [0.4, 0.5) is 5.69 Å². The molecule has 0 bridgehead atoms. The minimum Gasteiger partial charge on any atom is -0.326 e. The summed E-state index contributed by atoms with van der Waals surface area (Å²) in [6.07, 6.45) is 0. The maximum atomic E-state index is 12.3. The molecular weight excluding hydrogens is 332 g/mol. The molecule has 102 valence electrons. The molecule has 0 radical (unpaired) electrons. The average Bonchev–Trinajstić information content (AvgIpc) is 2.74. The van der Waals surface area contributed by atoms with Crippen LogP contribution in [0.5, 0.6) is 0 Å². The lowest BCUT2D eigenvalue weighted by atomic mass is 10.3. The molecule has 2 rings (SSSR count). The molecule has 2 aromatic rings. The second-order valence-corrected chi connectivity index (χ2v) is 6.37. The van der Waals surface area contributed by atoms with Crippen molar-refractivity contribution in [2.75, 3.05) is 4.72 Å². The number of anilines is 1. The van der Waals surface area contributed by atoms with E-state index in [4.69, 9.17) is 5.73 Å². The Morgan fingerprint density at radius 2 is 2.11 bits per heavy atom. The van der Waals surface area contributed by atoms with Crippen molar-refractivity contribution < 1.29 is 8.42 Å². The first-order valence-corrected chi connectivity index (χ1v) is 7.74. The van der Waals surface area contributed by atoms with Crippen molar-refractivity contribution in [3.63, 3.8) is 0 Å². The average molecular weight is 345 g/mol. The highest BCUT2D eigenvalue weighted by Gasteiger charge is 2.23. The number of nitrogens with one attached hydrogen (secondary N) is 2. The Kier molecular flexibility index (Phi) is 3.93. The molecule has 1 aromatic carbocycles. The summed E-state index contributed by atoms with van der Waals surface area (Å²) in [5, 5.41) is 6.38. The first-order valence-electron chi connectivity index (χ1n) is 5.47. The number of benzene rings is 1. The lowest BCUT2D eigenvalue weighted by Gasteiger charge is -2.08. The van der Waals surface area contributed by atoms with Gasteiger partial charge in [-0.25, -0.2) is 0 Å². The zero-order valence-electron chi connectivity index (χ0n) is 10.1. The van der Waals surface area contributed by atoms with Crippen molar-refractivity contribution in [3.8, 4) is 0 Å². The highest BCUT2D eigenvalue weighted by Crippen LogP contribution is 2.25. The first kappa shape index (κ1) is 14.0. The minimum atomic E-state index is -3.76. The van der Waals surface area contributed by atoms with Crippen molar-refractivity contribution in [3.05, 3.63) is 40.0 Å². The molecule has 0 amide bonds. The summed E-state index contributed by atoms with van der Waals surface area (Å²) < 4.78 is 27.7. The van der Waals surface area contributed by atoms with Crippen molar-refractivity contribution in [1.82, 2.24) is 10.2 Å². The molecule has 0 fully saturated rings. The van der Waals surface area contributed by atoms with Crippen molar-refractivity contribution in [1.29, 1.82) is 0 Å². The Labute approximate surface area is 119 Å². The second-order valence-electron chi connectivity index (χ2n) is 3.92. The number of halogens is 1. The Bertz CT molecular complexity index is 696. The first-order chi connectivity index (χ1) is 8.95. The van der Waals surface area contributed by atoms with Gasteiger partial charge >= 0.3 is 0 Å². The molecule has 0 aliphatic heterocycles. The van der Waals surface area contributed by atoms with E-state index in [2.05, 4.69) is 30.8 Å². The number of nitrogens with zero attached hydrogens (tertiary/aromatic N) is 1. The molecule has 0 unspecified atom stereocenters. The van der Waals surface area contributed by atoms with Gasteiger partial charge in [-0.1, -0.05) is 12.1 Å². The fourth-order valence-electron chi connectivity index (χ4n) is 1.63. The number of hydrogen-bond acceptors (Lipinski definition) is 4. The van der Waals surface area contributed by atoms with Crippen LogP contribution < -0.4 is 10.5 Å². The number of nitrogens with two attached hydrogens (primary N) is 1. The lowest BCUT2D eigenvalue weighted by molar-refractivity contribution is 0.596. The maximum absolute atomic E-state index is 12.3. The van der Waals surface area contributed by atoms with Gasteiger partial charge in [0.05, 0.1) is 5.69 Å². The molecule has 0 aliphatic carbocycles. The minimum absolute atomic E-state index is 0.0664. The number of aryl methyl sites for hydroxylation is 1. The molecule has 8 heteroatoms. The molecule has 6 nitrogen and oxygen atoms in total. The van der Waals surface area contributed by atoms with Crippen LogP contribution in [0, 0.1) is 6.92 Å². The van der Waals surface area contributed by atoms with Crippen molar-refractivity contribution >= 4 is 31.6 Å². The Morgan fingerprint density at radius 3 is 2.74 bits per heavy atom. The molecule has 0 aliphatic rings. The molecule has 1 heterocycles. The van der Waals surface area contributed by atoms with Gasteiger partial charge in [0, 0.05) is 22.3 Å². The summed E-state index contributed by atoms with van der Waals surface area (Å²) in [6.45, 7) is 1.83. The van der Waals surface area contributed by atoms with Gasteiger partial charge < -0.3 is 5.73 Å². The summed E-state index contributed by atoms with van der Waals surface area (Å²) >= 11 is 3.28. The monoisotopic (exact) mass is 344 g/mol. The SMILES string of the molecule is Cc1[nH]nc(S(=O)(=O)Nc2ccccc2Br)c1CN. The van der Waals surface area contributed by atoms with Gasteiger partial charge in [-0.2, -0.15) is 13.5 Å². The summed E-state index contributed by atoms with van der Waals surface area (Å²) in [4.78, 5) is 0. The third kappa shape index (κ3) is 2.80. The topological polar surface area (TPSA) is 101 Å². The van der Waals surface area contributed by atoms with Crippen LogP contribution in [0.2, 0.25) is 0 Å². The summed E-state index contributed by atoms with van der Waals surface area (Å²) in [6, 6.07) is 6.94. The van der Waals surface area contributed by atoms with Crippen LogP contribution in [0.25, 0.3) is 0 Å². The van der Waals surface area contributed by atoms with Crippen LogP contribution in [0.3, 0.4) is 0 Å². The smallest absolute Gasteiger partial charge is 0.281 e. The second kappa shape index (κ2) is 5.32. The van der Waals surface area contributed by atoms with E-state index in [-0.39, 0.29) is 11.6 Å². The lowest BCUT2D eigenvalue weighted by Crippen LogP contribution is -2.16. The van der Waals surface area contributed by atoms with E-state index in [0.29, 0.717) is 21.4 Å². The van der Waals surface area contributed by atoms with Crippen molar-refractivity contribution in [2.24, 2.45) is 5.73 Å². The van der Waals surface area contributed by atoms with Crippen LogP contribution in [-0.2, 0) is 16.6 Å². The van der Waals surface area contributed by atoms with E-state index in [1.54, 1.807) is 31.2 Å². The van der Waals surface area contributed by atoms with E-state index >= 15 is 0 Å². The number of H-pyrrole nitrogens is 1. The van der Waals surface area contributed by atoms with Crippen LogP contribution in [-0.4, -0.2) is 18.6 Å². The predicted octanol–water partition coefficient (Wildman–Crippen LogP) is 1.74. The summed E-state index contributed by atoms with van der Waals surface area (Å²) in [7, 11) is -3.76. The third-order valence-electron chi connectivity index (χ3n) is 2.61. The third-order valence-corrected chi connectivity index (χ3v) is 4.64. The van der Waals surface area contributed by atoms with Crippen LogP contribution in [0.1, 0.15) is 11.3 Å². The summed E-state index contributed by atoms with van der Waals surface area (Å²) in [5.74, 6) is 0. The molecule has 0 saturated heterocycles. The number of sulfonamides is 1. The molecule has 19 heavy (non-hydrogen) atoms. The van der Waals surface area contributed by atoms with E-state index < -0.39 is 10.0 Å². The van der Waals surface area contributed by atoms with E-state index in [1.807, 2.05) is 0 Å².